The summed E-state index contributed by atoms with van der Waals surface area (Å²) in [5.41, 5.74) is -2.72. The van der Waals surface area contributed by atoms with Crippen LogP contribution in [0, 0.1) is 0 Å². The summed E-state index contributed by atoms with van der Waals surface area (Å²) >= 11 is 13.1. The first kappa shape index (κ1) is 16.9. The van der Waals surface area contributed by atoms with E-state index in [1.165, 1.54) is 0 Å². The lowest BCUT2D eigenvalue weighted by molar-refractivity contribution is 0.461. The summed E-state index contributed by atoms with van der Waals surface area (Å²) in [4.78, 5) is 46.7. The molecule has 0 aliphatic carbocycles. The molecule has 0 aliphatic heterocycles. The van der Waals surface area contributed by atoms with Gasteiger partial charge in [0.2, 0.25) is 0 Å². The number of aromatic nitrogens is 3. The predicted octanol–water partition coefficient (Wildman–Crippen LogP) is -0.647. The third kappa shape index (κ3) is 3.89. The molecule has 0 aliphatic rings. The van der Waals surface area contributed by atoms with Crippen molar-refractivity contribution in [2.75, 3.05) is 0 Å². The van der Waals surface area contributed by atoms with Gasteiger partial charge in [0.15, 0.2) is 0 Å². The topological polar surface area (TPSA) is 103 Å². The maximum atomic E-state index is 12.1. The lowest BCUT2D eigenvalue weighted by Gasteiger charge is -2.08. The van der Waals surface area contributed by atoms with Crippen LogP contribution in [0.4, 0.5) is 0 Å². The van der Waals surface area contributed by atoms with Crippen LogP contribution in [0.1, 0.15) is 0 Å². The Balaban J connectivity index is 3.72. The molecule has 1 rings (SSSR count). The fourth-order valence-electron chi connectivity index (χ4n) is 1.34. The van der Waals surface area contributed by atoms with Gasteiger partial charge in [0.1, 0.15) is 20.0 Å². The minimum atomic E-state index is -0.907. The molecule has 0 aromatic carbocycles. The number of nitrogens with zero attached hydrogens (tertiary/aromatic N) is 6. The van der Waals surface area contributed by atoms with Gasteiger partial charge in [0.05, 0.1) is 15.5 Å². The summed E-state index contributed by atoms with van der Waals surface area (Å²) in [6, 6.07) is 0. The molecule has 0 fully saturated rings. The molecule has 0 spiro atoms. The summed E-state index contributed by atoms with van der Waals surface area (Å²) in [7, 11) is 0. The van der Waals surface area contributed by atoms with E-state index in [1.807, 2.05) is 15.5 Å². The van der Waals surface area contributed by atoms with Gasteiger partial charge in [-0.15, -0.1) is 0 Å². The number of hydrogen-bond donors (Lipinski definition) is 0. The Morgan fingerprint density at radius 1 is 0.667 bits per heavy atom. The van der Waals surface area contributed by atoms with Crippen molar-refractivity contribution in [3.63, 3.8) is 0 Å². The normalized spacial score (nSPS) is 9.14. The monoisotopic (exact) mass is 342 g/mol. The van der Waals surface area contributed by atoms with Gasteiger partial charge in [-0.25, -0.2) is 43.1 Å². The lowest BCUT2D eigenvalue weighted by Crippen LogP contribution is -2.54. The van der Waals surface area contributed by atoms with Crippen LogP contribution in [0.25, 0.3) is 0 Å². The summed E-state index contributed by atoms with van der Waals surface area (Å²) < 4.78 is 2.04. The number of thiocarbonyl (C=S) groups is 3. The van der Waals surface area contributed by atoms with Gasteiger partial charge in [0, 0.05) is 0 Å². The van der Waals surface area contributed by atoms with Crippen molar-refractivity contribution >= 4 is 52.1 Å². The third-order valence-electron chi connectivity index (χ3n) is 2.22. The largest absolute Gasteiger partial charge is 0.339 e. The van der Waals surface area contributed by atoms with E-state index in [4.69, 9.17) is 0 Å². The van der Waals surface area contributed by atoms with Gasteiger partial charge in [-0.3, -0.25) is 0 Å². The highest BCUT2D eigenvalue weighted by atomic mass is 32.1. The van der Waals surface area contributed by atoms with Crippen molar-refractivity contribution in [1.82, 2.24) is 13.7 Å². The van der Waals surface area contributed by atoms with E-state index in [-0.39, 0.29) is 20.0 Å². The second-order valence-electron chi connectivity index (χ2n) is 3.30. The van der Waals surface area contributed by atoms with Crippen molar-refractivity contribution in [1.29, 1.82) is 0 Å². The fourth-order valence-corrected chi connectivity index (χ4v) is 1.52. The lowest BCUT2D eigenvalue weighted by atomic mass is 10.7. The first-order valence-corrected chi connectivity index (χ1v) is 6.36. The van der Waals surface area contributed by atoms with E-state index in [9.17, 15) is 14.4 Å². The molecule has 0 saturated heterocycles. The van der Waals surface area contributed by atoms with Crippen LogP contribution in [0.15, 0.2) is 29.4 Å². The second kappa shape index (κ2) is 8.18. The zero-order valence-corrected chi connectivity index (χ0v) is 12.7. The van der Waals surface area contributed by atoms with Crippen molar-refractivity contribution < 1.29 is 0 Å². The zero-order chi connectivity index (χ0) is 15.8. The second-order valence-corrected chi connectivity index (χ2v) is 3.85. The van der Waals surface area contributed by atoms with Crippen LogP contribution in [-0.2, 0) is 20.0 Å². The van der Waals surface area contributed by atoms with E-state index in [0.717, 1.165) is 0 Å². The van der Waals surface area contributed by atoms with Crippen molar-refractivity contribution in [2.24, 2.45) is 15.0 Å². The Kier molecular flexibility index (Phi) is 6.57. The van der Waals surface area contributed by atoms with Crippen LogP contribution < -0.4 is 17.1 Å². The van der Waals surface area contributed by atoms with Crippen molar-refractivity contribution in [3.05, 3.63) is 31.5 Å². The van der Waals surface area contributed by atoms with Crippen molar-refractivity contribution in [2.45, 2.75) is 20.0 Å². The molecular weight excluding hydrogens is 336 g/mol. The summed E-state index contributed by atoms with van der Waals surface area (Å²) in [5.74, 6) is 0. The van der Waals surface area contributed by atoms with Crippen LogP contribution in [0.3, 0.4) is 0 Å². The molecule has 0 amide bonds. The average Bonchev–Trinajstić information content (AvgIpc) is 2.47. The van der Waals surface area contributed by atoms with Crippen LogP contribution in [0.5, 0.6) is 0 Å². The molecule has 9 nitrogen and oxygen atoms in total. The zero-order valence-electron chi connectivity index (χ0n) is 10.3. The van der Waals surface area contributed by atoms with Crippen LogP contribution in [0.2, 0.25) is 0 Å². The minimum absolute atomic E-state index is 0.385. The Hall–Kier alpha value is -2.19. The third-order valence-corrected chi connectivity index (χ3v) is 2.60. The van der Waals surface area contributed by atoms with Gasteiger partial charge in [-0.05, 0) is 36.7 Å². The summed E-state index contributed by atoms with van der Waals surface area (Å²) in [6.07, 6.45) is 0. The minimum Gasteiger partial charge on any atom is -0.247 e. The average molecular weight is 342 g/mol. The first-order valence-electron chi connectivity index (χ1n) is 5.13. The fraction of sp³-hybridized carbons (Fsp3) is 0.333. The molecule has 1 aromatic rings. The summed E-state index contributed by atoms with van der Waals surface area (Å²) in [6.45, 7) is -1.15. The van der Waals surface area contributed by atoms with Gasteiger partial charge in [-0.2, -0.15) is 0 Å². The van der Waals surface area contributed by atoms with E-state index >= 15 is 0 Å². The molecule has 0 bridgehead atoms. The molecule has 0 saturated carbocycles. The molecule has 1 aromatic heterocycles. The molecule has 21 heavy (non-hydrogen) atoms. The van der Waals surface area contributed by atoms with Crippen LogP contribution >= 0.6 is 36.7 Å². The Morgan fingerprint density at radius 2 is 0.905 bits per heavy atom. The Morgan fingerprint density at radius 3 is 1.10 bits per heavy atom. The number of rotatable bonds is 6. The predicted molar refractivity (Wildman–Crippen MR) is 84.3 cm³/mol. The number of hydrogen-bond acceptors (Lipinski definition) is 9. The maximum Gasteiger partial charge on any atom is 0.339 e. The molecule has 1 heterocycles. The highest BCUT2D eigenvalue weighted by Gasteiger charge is 2.14. The van der Waals surface area contributed by atoms with Crippen LogP contribution in [-0.4, -0.2) is 29.2 Å². The van der Waals surface area contributed by atoms with Gasteiger partial charge >= 0.3 is 17.1 Å². The highest BCUT2D eigenvalue weighted by Crippen LogP contribution is 1.80. The molecule has 108 valence electrons. The van der Waals surface area contributed by atoms with Gasteiger partial charge in [-0.1, -0.05) is 0 Å². The molecule has 0 N–H and O–H groups in total. The SMILES string of the molecule is O=c1n(CN=C=S)c(=O)n(CN=C=S)c(=O)n1CN=C=S. The maximum absolute atomic E-state index is 12.1. The number of isothiocyanates is 3. The first-order chi connectivity index (χ1) is 10.1. The quantitative estimate of drug-likeness (QED) is 0.503. The molecule has 0 radical (unpaired) electrons. The smallest absolute Gasteiger partial charge is 0.247 e. The van der Waals surface area contributed by atoms with E-state index < -0.39 is 17.1 Å². The molecule has 12 heteroatoms. The van der Waals surface area contributed by atoms with E-state index in [0.29, 0.717) is 13.7 Å². The Bertz CT molecular complexity index is 718. The number of aliphatic imine (C=N–C) groups is 3. The standard InChI is InChI=1S/C9H6N6O3S3/c16-7-13(1-10-4-19)8(17)15(3-12-6-21)9(18)14(7)2-11-5-20/h1-3H2. The van der Waals surface area contributed by atoms with E-state index in [2.05, 4.69) is 51.6 Å². The Labute approximate surface area is 132 Å². The van der Waals surface area contributed by atoms with Gasteiger partial charge in [0.25, 0.3) is 0 Å². The molecular formula is C9H6N6O3S3. The highest BCUT2D eigenvalue weighted by molar-refractivity contribution is 7.78. The van der Waals surface area contributed by atoms with Crippen molar-refractivity contribution in [3.8, 4) is 0 Å². The summed E-state index contributed by atoms with van der Waals surface area (Å²) in [5, 5.41) is 6.06. The molecule has 0 atom stereocenters. The molecule has 0 unspecified atom stereocenters. The van der Waals surface area contributed by atoms with E-state index in [1.54, 1.807) is 0 Å². The van der Waals surface area contributed by atoms with Gasteiger partial charge < -0.3 is 0 Å².